The maximum atomic E-state index is 12.4. The molecule has 2 rings (SSSR count). The minimum atomic E-state index is -0.501. The van der Waals surface area contributed by atoms with E-state index in [1.54, 1.807) is 19.1 Å². The smallest absolute Gasteiger partial charge is 0.274 e. The number of halogens is 2. The predicted octanol–water partition coefficient (Wildman–Crippen LogP) is 5.25. The lowest BCUT2D eigenvalue weighted by Crippen LogP contribution is -2.12. The number of carbonyl (C=O) groups excluding carboxylic acids is 1. The van der Waals surface area contributed by atoms with Crippen LogP contribution in [0.1, 0.15) is 29.3 Å². The van der Waals surface area contributed by atoms with Crippen molar-refractivity contribution >= 4 is 40.5 Å². The van der Waals surface area contributed by atoms with Crippen molar-refractivity contribution in [3.8, 4) is 5.75 Å². The van der Waals surface area contributed by atoms with Gasteiger partial charge in [-0.25, -0.2) is 0 Å². The molecule has 8 heteroatoms. The maximum Gasteiger partial charge on any atom is 0.274 e. The van der Waals surface area contributed by atoms with Crippen LogP contribution >= 0.6 is 23.2 Å². The largest absolute Gasteiger partial charge is 0.490 e. The van der Waals surface area contributed by atoms with E-state index in [2.05, 4.69) is 5.32 Å². The van der Waals surface area contributed by atoms with Crippen LogP contribution in [-0.2, 0) is 0 Å². The number of hydrogen-bond donors (Lipinski definition) is 1. The molecule has 0 aliphatic rings. The first-order valence-electron chi connectivity index (χ1n) is 7.51. The molecule has 1 N–H and O–H groups in total. The molecule has 2 aromatic carbocycles. The van der Waals surface area contributed by atoms with Gasteiger partial charge in [-0.1, -0.05) is 36.2 Å². The van der Waals surface area contributed by atoms with E-state index in [0.29, 0.717) is 23.6 Å². The summed E-state index contributed by atoms with van der Waals surface area (Å²) in [7, 11) is 0. The zero-order valence-corrected chi connectivity index (χ0v) is 15.1. The molecule has 0 radical (unpaired) electrons. The van der Waals surface area contributed by atoms with Gasteiger partial charge in [0.1, 0.15) is 0 Å². The van der Waals surface area contributed by atoms with E-state index >= 15 is 0 Å². The molecule has 0 saturated carbocycles. The van der Waals surface area contributed by atoms with Gasteiger partial charge in [0.25, 0.3) is 11.6 Å². The van der Waals surface area contributed by atoms with Crippen molar-refractivity contribution < 1.29 is 14.5 Å². The number of nitro benzene ring substituents is 1. The van der Waals surface area contributed by atoms with Crippen LogP contribution in [0.3, 0.4) is 0 Å². The average Bonchev–Trinajstić information content (AvgIpc) is 2.55. The molecular weight excluding hydrogens is 367 g/mol. The van der Waals surface area contributed by atoms with E-state index in [1.165, 1.54) is 18.2 Å². The second-order valence-electron chi connectivity index (χ2n) is 5.33. The molecule has 0 aromatic heterocycles. The minimum absolute atomic E-state index is 0.0721. The summed E-state index contributed by atoms with van der Waals surface area (Å²) in [5, 5.41) is 14.0. The molecule has 0 aliphatic carbocycles. The summed E-state index contributed by atoms with van der Waals surface area (Å²) in [6, 6.07) is 7.33. The molecule has 6 nitrogen and oxygen atoms in total. The highest BCUT2D eigenvalue weighted by Crippen LogP contribution is 2.34. The van der Waals surface area contributed by atoms with Gasteiger partial charge < -0.3 is 10.1 Å². The van der Waals surface area contributed by atoms with Gasteiger partial charge in [0.2, 0.25) is 0 Å². The molecule has 25 heavy (non-hydrogen) atoms. The number of carbonyl (C=O) groups is 1. The van der Waals surface area contributed by atoms with E-state index in [0.717, 1.165) is 6.42 Å². The third-order valence-corrected chi connectivity index (χ3v) is 3.94. The lowest BCUT2D eigenvalue weighted by atomic mass is 10.1. The number of nitrogens with one attached hydrogen (secondary N) is 1. The van der Waals surface area contributed by atoms with Crippen molar-refractivity contribution in [2.24, 2.45) is 0 Å². The molecule has 0 fully saturated rings. The van der Waals surface area contributed by atoms with Crippen LogP contribution < -0.4 is 10.1 Å². The van der Waals surface area contributed by atoms with E-state index in [9.17, 15) is 14.9 Å². The molecule has 1 amide bonds. The number of amides is 1. The molecule has 0 saturated heterocycles. The second-order valence-corrected chi connectivity index (χ2v) is 6.14. The number of benzene rings is 2. The lowest BCUT2D eigenvalue weighted by molar-refractivity contribution is -0.385. The Kier molecular flexibility index (Phi) is 6.22. The fraction of sp³-hybridized carbons (Fsp3) is 0.235. The first-order valence-corrected chi connectivity index (χ1v) is 8.27. The quantitative estimate of drug-likeness (QED) is 0.546. The highest BCUT2D eigenvalue weighted by Gasteiger charge is 2.16. The second kappa shape index (κ2) is 8.18. The normalized spacial score (nSPS) is 10.4. The number of nitrogens with zero attached hydrogens (tertiary/aromatic N) is 1. The van der Waals surface area contributed by atoms with Gasteiger partial charge >= 0.3 is 0 Å². The van der Waals surface area contributed by atoms with Crippen LogP contribution in [0.25, 0.3) is 0 Å². The fourth-order valence-electron chi connectivity index (χ4n) is 2.12. The summed E-state index contributed by atoms with van der Waals surface area (Å²) >= 11 is 12.3. The van der Waals surface area contributed by atoms with Crippen LogP contribution in [0.15, 0.2) is 30.3 Å². The van der Waals surface area contributed by atoms with Crippen LogP contribution in [0.5, 0.6) is 5.75 Å². The number of aryl methyl sites for hydroxylation is 1. The van der Waals surface area contributed by atoms with E-state index in [1.807, 2.05) is 6.92 Å². The van der Waals surface area contributed by atoms with Crippen molar-refractivity contribution in [3.63, 3.8) is 0 Å². The molecule has 132 valence electrons. The molecule has 0 unspecified atom stereocenters. The summed E-state index contributed by atoms with van der Waals surface area (Å²) in [4.78, 5) is 22.9. The number of rotatable bonds is 6. The summed E-state index contributed by atoms with van der Waals surface area (Å²) in [6.07, 6.45) is 0.793. The highest BCUT2D eigenvalue weighted by atomic mass is 35.5. The topological polar surface area (TPSA) is 81.5 Å². The van der Waals surface area contributed by atoms with Crippen molar-refractivity contribution in [1.82, 2.24) is 0 Å². The minimum Gasteiger partial charge on any atom is -0.490 e. The molecule has 0 spiro atoms. The molecule has 0 bridgehead atoms. The Morgan fingerprint density at radius 3 is 2.44 bits per heavy atom. The third kappa shape index (κ3) is 4.61. The zero-order valence-electron chi connectivity index (χ0n) is 13.6. The molecular formula is C17H16Cl2N2O4. The lowest BCUT2D eigenvalue weighted by Gasteiger charge is -2.11. The Balaban J connectivity index is 2.24. The first-order chi connectivity index (χ1) is 11.8. The van der Waals surface area contributed by atoms with Gasteiger partial charge in [-0.2, -0.15) is 0 Å². The fourth-order valence-corrected chi connectivity index (χ4v) is 2.72. The first kappa shape index (κ1) is 19.0. The highest BCUT2D eigenvalue weighted by molar-refractivity contribution is 6.37. The third-order valence-electron chi connectivity index (χ3n) is 3.37. The SMILES string of the molecule is CCCOc1c(Cl)cc(C(=O)Nc2ccc(C)c([N+](=O)[O-])c2)cc1Cl. The average molecular weight is 383 g/mol. The standard InChI is InChI=1S/C17H16Cl2N2O4/c1-3-6-25-16-13(18)7-11(8-14(16)19)17(22)20-12-5-4-10(2)15(9-12)21(23)24/h4-5,7-9H,3,6H2,1-2H3,(H,20,22). The van der Waals surface area contributed by atoms with Crippen molar-refractivity contribution in [3.05, 3.63) is 61.6 Å². The Bertz CT molecular complexity index is 801. The number of anilines is 1. The van der Waals surface area contributed by atoms with Gasteiger partial charge in [-0.15, -0.1) is 0 Å². The molecule has 2 aromatic rings. The molecule has 0 heterocycles. The summed E-state index contributed by atoms with van der Waals surface area (Å²) in [5.41, 5.74) is 0.964. The van der Waals surface area contributed by atoms with Crippen LogP contribution in [0.2, 0.25) is 10.0 Å². The summed E-state index contributed by atoms with van der Waals surface area (Å²) in [5.74, 6) is -0.156. The summed E-state index contributed by atoms with van der Waals surface area (Å²) < 4.78 is 5.45. The Morgan fingerprint density at radius 1 is 1.24 bits per heavy atom. The van der Waals surface area contributed by atoms with Gasteiger partial charge in [-0.3, -0.25) is 14.9 Å². The monoisotopic (exact) mass is 382 g/mol. The van der Waals surface area contributed by atoms with Crippen molar-refractivity contribution in [2.45, 2.75) is 20.3 Å². The van der Waals surface area contributed by atoms with Crippen molar-refractivity contribution in [1.29, 1.82) is 0 Å². The van der Waals surface area contributed by atoms with E-state index < -0.39 is 10.8 Å². The van der Waals surface area contributed by atoms with Gasteiger partial charge in [0.15, 0.2) is 5.75 Å². The summed E-state index contributed by atoms with van der Waals surface area (Å²) in [6.45, 7) is 4.03. The Hall–Kier alpha value is -2.31. The Labute approximate surface area is 154 Å². The van der Waals surface area contributed by atoms with Crippen LogP contribution in [0.4, 0.5) is 11.4 Å². The Morgan fingerprint density at radius 2 is 1.88 bits per heavy atom. The number of nitro groups is 1. The number of ether oxygens (including phenoxy) is 1. The van der Waals surface area contributed by atoms with Gasteiger partial charge in [0, 0.05) is 22.9 Å². The molecule has 0 atom stereocenters. The van der Waals surface area contributed by atoms with Gasteiger partial charge in [-0.05, 0) is 31.5 Å². The predicted molar refractivity (Wildman–Crippen MR) is 98.0 cm³/mol. The molecule has 0 aliphatic heterocycles. The van der Waals surface area contributed by atoms with E-state index in [4.69, 9.17) is 27.9 Å². The van der Waals surface area contributed by atoms with Crippen LogP contribution in [-0.4, -0.2) is 17.4 Å². The van der Waals surface area contributed by atoms with Crippen LogP contribution in [0, 0.1) is 17.0 Å². The maximum absolute atomic E-state index is 12.4. The zero-order chi connectivity index (χ0) is 18.6. The van der Waals surface area contributed by atoms with Crippen molar-refractivity contribution in [2.75, 3.05) is 11.9 Å². The van der Waals surface area contributed by atoms with E-state index in [-0.39, 0.29) is 21.3 Å². The number of hydrogen-bond acceptors (Lipinski definition) is 4. The van der Waals surface area contributed by atoms with Gasteiger partial charge in [0.05, 0.1) is 21.6 Å².